The highest BCUT2D eigenvalue weighted by Gasteiger charge is 2.36. The van der Waals surface area contributed by atoms with Gasteiger partial charge in [0.05, 0.1) is 33.4 Å². The van der Waals surface area contributed by atoms with Crippen molar-refractivity contribution in [3.63, 3.8) is 0 Å². The van der Waals surface area contributed by atoms with Gasteiger partial charge < -0.3 is 19.3 Å². The molecule has 0 bridgehead atoms. The maximum Gasteiger partial charge on any atom is 0.214 e. The van der Waals surface area contributed by atoms with E-state index in [2.05, 4.69) is 40.8 Å². The molecule has 1 aromatic heterocycles. The maximum absolute atomic E-state index is 5.76. The Labute approximate surface area is 177 Å². The summed E-state index contributed by atoms with van der Waals surface area (Å²) in [6.07, 6.45) is 0. The lowest BCUT2D eigenvalue weighted by atomic mass is 10.0. The minimum absolute atomic E-state index is 0.0160. The van der Waals surface area contributed by atoms with Crippen LogP contribution in [0.1, 0.15) is 23.0 Å². The fourth-order valence-electron chi connectivity index (χ4n) is 4.17. The molecule has 1 saturated heterocycles. The van der Waals surface area contributed by atoms with Crippen molar-refractivity contribution < 1.29 is 19.3 Å². The molecule has 1 aliphatic heterocycles. The average Bonchev–Trinajstić information content (AvgIpc) is 3.23. The summed E-state index contributed by atoms with van der Waals surface area (Å²) in [6.45, 7) is 4.96. The van der Waals surface area contributed by atoms with Crippen LogP contribution in [-0.4, -0.2) is 67.7 Å². The van der Waals surface area contributed by atoms with E-state index in [4.69, 9.17) is 9.47 Å². The largest absolute Gasteiger partial charge is 0.497 e. The third-order valence-electron chi connectivity index (χ3n) is 5.90. The number of hydrogen-bond acceptors (Lipinski definition) is 5. The minimum atomic E-state index is -0.0160. The lowest BCUT2D eigenvalue weighted by molar-refractivity contribution is -1.02. The lowest BCUT2D eigenvalue weighted by Crippen LogP contribution is -3.27. The summed E-state index contributed by atoms with van der Waals surface area (Å²) >= 11 is 0. The molecule has 0 amide bonds. The molecule has 0 aliphatic carbocycles. The van der Waals surface area contributed by atoms with Crippen LogP contribution in [0, 0.1) is 0 Å². The zero-order chi connectivity index (χ0) is 20.9. The topological polar surface area (TPSA) is 70.9 Å². The Hall–Kier alpha value is -2.97. The third kappa shape index (κ3) is 4.29. The standard InChI is InChI=1S/C22H28N6O2/c1-26-11-13-27(14-12-26)21(19-10-9-18(29-2)15-20(19)30-3)22-23-24-25-28(22)16-17-7-5-4-6-8-17/h4-10,15,21H,11-14,16H2,1-3H3/p+2/t21-/m1/s1. The van der Waals surface area contributed by atoms with E-state index in [1.165, 1.54) is 10.5 Å². The molecule has 8 heteroatoms. The Bertz CT molecular complexity index is 953. The van der Waals surface area contributed by atoms with Crippen LogP contribution in [-0.2, 0) is 6.54 Å². The molecule has 0 spiro atoms. The lowest BCUT2D eigenvalue weighted by Gasteiger charge is -2.33. The van der Waals surface area contributed by atoms with E-state index in [0.717, 1.165) is 49.1 Å². The summed E-state index contributed by atoms with van der Waals surface area (Å²) in [5.74, 6) is 2.43. The molecule has 0 saturated carbocycles. The van der Waals surface area contributed by atoms with Crippen LogP contribution in [0.15, 0.2) is 48.5 Å². The predicted molar refractivity (Wildman–Crippen MR) is 112 cm³/mol. The second-order valence-corrected chi connectivity index (χ2v) is 7.84. The number of methoxy groups -OCH3 is 2. The predicted octanol–water partition coefficient (Wildman–Crippen LogP) is -0.759. The average molecular weight is 411 g/mol. The van der Waals surface area contributed by atoms with Gasteiger partial charge in [0.2, 0.25) is 5.82 Å². The molecule has 30 heavy (non-hydrogen) atoms. The highest BCUT2D eigenvalue weighted by molar-refractivity contribution is 5.43. The summed E-state index contributed by atoms with van der Waals surface area (Å²) in [7, 11) is 5.62. The van der Waals surface area contributed by atoms with Crippen molar-refractivity contribution in [2.24, 2.45) is 0 Å². The van der Waals surface area contributed by atoms with E-state index in [0.29, 0.717) is 6.54 Å². The number of quaternary nitrogens is 2. The van der Waals surface area contributed by atoms with Crippen molar-refractivity contribution in [3.05, 3.63) is 65.5 Å². The van der Waals surface area contributed by atoms with E-state index in [1.54, 1.807) is 19.1 Å². The molecule has 8 nitrogen and oxygen atoms in total. The summed E-state index contributed by atoms with van der Waals surface area (Å²) in [6, 6.07) is 16.3. The summed E-state index contributed by atoms with van der Waals surface area (Å²) in [5.41, 5.74) is 2.25. The highest BCUT2D eigenvalue weighted by atomic mass is 16.5. The first-order valence-corrected chi connectivity index (χ1v) is 10.4. The first-order valence-electron chi connectivity index (χ1n) is 10.4. The van der Waals surface area contributed by atoms with E-state index < -0.39 is 0 Å². The van der Waals surface area contributed by atoms with Gasteiger partial charge in [-0.3, -0.25) is 0 Å². The number of nitrogens with one attached hydrogen (secondary N) is 2. The summed E-state index contributed by atoms with van der Waals surface area (Å²) in [4.78, 5) is 3.01. The number of ether oxygens (including phenoxy) is 2. The molecule has 0 unspecified atom stereocenters. The molecule has 4 rings (SSSR count). The number of benzene rings is 2. The van der Waals surface area contributed by atoms with Crippen LogP contribution in [0.5, 0.6) is 11.5 Å². The summed E-state index contributed by atoms with van der Waals surface area (Å²) < 4.78 is 13.1. The second kappa shape index (κ2) is 9.23. The molecule has 2 aromatic carbocycles. The normalized spacial score (nSPS) is 20.0. The molecule has 2 N–H and O–H groups in total. The van der Waals surface area contributed by atoms with E-state index in [1.807, 2.05) is 35.0 Å². The van der Waals surface area contributed by atoms with Crippen LogP contribution < -0.4 is 19.3 Å². The maximum atomic E-state index is 5.76. The molecule has 1 aliphatic rings. The summed E-state index contributed by atoms with van der Waals surface area (Å²) in [5, 5.41) is 12.9. The second-order valence-electron chi connectivity index (χ2n) is 7.84. The monoisotopic (exact) mass is 410 g/mol. The molecule has 1 atom stereocenters. The fraction of sp³-hybridized carbons (Fsp3) is 0.409. The first-order chi connectivity index (χ1) is 14.7. The number of nitrogens with zero attached hydrogens (tertiary/aromatic N) is 4. The molecule has 2 heterocycles. The van der Waals surface area contributed by atoms with Gasteiger partial charge in [-0.2, -0.15) is 0 Å². The van der Waals surface area contributed by atoms with Gasteiger partial charge >= 0.3 is 0 Å². The van der Waals surface area contributed by atoms with Crippen molar-refractivity contribution in [2.75, 3.05) is 47.4 Å². The van der Waals surface area contributed by atoms with Gasteiger partial charge in [0.25, 0.3) is 0 Å². The Balaban J connectivity index is 1.75. The number of hydrogen-bond donors (Lipinski definition) is 2. The van der Waals surface area contributed by atoms with E-state index in [-0.39, 0.29) is 6.04 Å². The van der Waals surface area contributed by atoms with Crippen molar-refractivity contribution in [2.45, 2.75) is 12.6 Å². The SMILES string of the molecule is COc1ccc([C@H](c2nnnn2Cc2ccccc2)[NH+]2CC[NH+](C)CC2)c(OC)c1. The van der Waals surface area contributed by atoms with Crippen molar-refractivity contribution in [1.82, 2.24) is 20.2 Å². The Morgan fingerprint density at radius 1 is 1.00 bits per heavy atom. The van der Waals surface area contributed by atoms with Gasteiger partial charge in [-0.15, -0.1) is 5.10 Å². The Kier molecular flexibility index (Phi) is 6.25. The minimum Gasteiger partial charge on any atom is -0.497 e. The first kappa shape index (κ1) is 20.3. The van der Waals surface area contributed by atoms with Gasteiger partial charge in [-0.05, 0) is 28.1 Å². The quantitative estimate of drug-likeness (QED) is 0.536. The molecular weight excluding hydrogens is 380 g/mol. The van der Waals surface area contributed by atoms with Crippen LogP contribution >= 0.6 is 0 Å². The van der Waals surface area contributed by atoms with Crippen LogP contribution in [0.2, 0.25) is 0 Å². The van der Waals surface area contributed by atoms with Crippen molar-refractivity contribution in [3.8, 4) is 11.5 Å². The Morgan fingerprint density at radius 3 is 2.47 bits per heavy atom. The third-order valence-corrected chi connectivity index (χ3v) is 5.90. The van der Waals surface area contributed by atoms with Gasteiger partial charge in [-0.25, -0.2) is 4.68 Å². The number of tetrazole rings is 1. The van der Waals surface area contributed by atoms with Crippen LogP contribution in [0.3, 0.4) is 0 Å². The van der Waals surface area contributed by atoms with E-state index >= 15 is 0 Å². The molecule has 3 aromatic rings. The fourth-order valence-corrected chi connectivity index (χ4v) is 4.17. The van der Waals surface area contributed by atoms with E-state index in [9.17, 15) is 0 Å². The number of piperazine rings is 1. The number of rotatable bonds is 7. The molecular formula is C22H30N6O2+2. The number of likely N-dealkylation sites (N-methyl/N-ethyl adjacent to an activating group) is 1. The molecule has 0 radical (unpaired) electrons. The smallest absolute Gasteiger partial charge is 0.214 e. The molecule has 1 fully saturated rings. The van der Waals surface area contributed by atoms with Crippen molar-refractivity contribution in [1.29, 1.82) is 0 Å². The number of aromatic nitrogens is 4. The van der Waals surface area contributed by atoms with Crippen molar-refractivity contribution >= 4 is 0 Å². The Morgan fingerprint density at radius 2 is 1.77 bits per heavy atom. The van der Waals surface area contributed by atoms with Crippen LogP contribution in [0.4, 0.5) is 0 Å². The van der Waals surface area contributed by atoms with Gasteiger partial charge in [0, 0.05) is 6.07 Å². The zero-order valence-corrected chi connectivity index (χ0v) is 17.8. The zero-order valence-electron chi connectivity index (χ0n) is 17.8. The van der Waals surface area contributed by atoms with Gasteiger partial charge in [-0.1, -0.05) is 30.3 Å². The van der Waals surface area contributed by atoms with Crippen LogP contribution in [0.25, 0.3) is 0 Å². The van der Waals surface area contributed by atoms with Gasteiger partial charge in [0.15, 0.2) is 6.04 Å². The molecule has 158 valence electrons. The highest BCUT2D eigenvalue weighted by Crippen LogP contribution is 2.31. The van der Waals surface area contributed by atoms with Gasteiger partial charge in [0.1, 0.15) is 37.7 Å².